The maximum absolute atomic E-state index is 5.94. The lowest BCUT2D eigenvalue weighted by Gasteiger charge is -2.35. The number of hydrogen-bond acceptors (Lipinski definition) is 5. The van der Waals surface area contributed by atoms with Crippen LogP contribution in [0, 0.1) is 0 Å². The maximum atomic E-state index is 5.94. The van der Waals surface area contributed by atoms with Crippen LogP contribution >= 0.6 is 11.3 Å². The first kappa shape index (κ1) is 10.5. The highest BCUT2D eigenvalue weighted by atomic mass is 32.1. The third-order valence-corrected chi connectivity index (χ3v) is 4.26. The van der Waals surface area contributed by atoms with Crippen molar-refractivity contribution in [3.05, 3.63) is 34.4 Å². The zero-order chi connectivity index (χ0) is 11.8. The Bertz CT molecular complexity index is 537. The summed E-state index contributed by atoms with van der Waals surface area (Å²) < 4.78 is 0. The minimum Gasteiger partial charge on any atom is -0.394 e. The predicted octanol–water partition coefficient (Wildman–Crippen LogP) is 2.24. The summed E-state index contributed by atoms with van der Waals surface area (Å²) in [5, 5.41) is 2.16. The van der Waals surface area contributed by atoms with Crippen molar-refractivity contribution < 1.29 is 0 Å². The van der Waals surface area contributed by atoms with Crippen LogP contribution in [0.5, 0.6) is 0 Å². The fraction of sp³-hybridized carbons (Fsp3) is 0.333. The smallest absolute Gasteiger partial charge is 0.155 e. The Kier molecular flexibility index (Phi) is 2.48. The van der Waals surface area contributed by atoms with Crippen LogP contribution < -0.4 is 10.6 Å². The van der Waals surface area contributed by atoms with E-state index in [1.54, 1.807) is 12.5 Å². The van der Waals surface area contributed by atoms with Gasteiger partial charge in [0.1, 0.15) is 6.33 Å². The van der Waals surface area contributed by atoms with Crippen LogP contribution in [0.4, 0.5) is 11.5 Å². The molecule has 1 unspecified atom stereocenters. The summed E-state index contributed by atoms with van der Waals surface area (Å²) in [5.74, 6) is 0.851. The largest absolute Gasteiger partial charge is 0.394 e. The molecule has 0 saturated carbocycles. The molecule has 0 saturated heterocycles. The van der Waals surface area contributed by atoms with Crippen LogP contribution in [0.25, 0.3) is 0 Å². The lowest BCUT2D eigenvalue weighted by atomic mass is 10.0. The first-order valence-corrected chi connectivity index (χ1v) is 6.53. The van der Waals surface area contributed by atoms with Gasteiger partial charge in [0.15, 0.2) is 5.82 Å². The highest BCUT2D eigenvalue weighted by Gasteiger charge is 2.26. The summed E-state index contributed by atoms with van der Waals surface area (Å²) in [6, 6.07) is 2.54. The van der Waals surface area contributed by atoms with Gasteiger partial charge in [0.05, 0.1) is 17.9 Å². The van der Waals surface area contributed by atoms with Crippen LogP contribution in [0.3, 0.4) is 0 Å². The van der Waals surface area contributed by atoms with Gasteiger partial charge in [-0.25, -0.2) is 9.97 Å². The van der Waals surface area contributed by atoms with Crippen molar-refractivity contribution in [2.45, 2.75) is 19.4 Å². The molecule has 0 aliphatic carbocycles. The molecule has 3 heterocycles. The van der Waals surface area contributed by atoms with E-state index in [1.807, 2.05) is 11.3 Å². The third kappa shape index (κ3) is 1.67. The number of aromatic nitrogens is 2. The number of nitrogens with zero attached hydrogens (tertiary/aromatic N) is 3. The molecule has 0 bridgehead atoms. The van der Waals surface area contributed by atoms with E-state index in [-0.39, 0.29) is 0 Å². The van der Waals surface area contributed by atoms with Gasteiger partial charge < -0.3 is 10.6 Å². The summed E-state index contributed by atoms with van der Waals surface area (Å²) in [6.45, 7) is 3.17. The lowest BCUT2D eigenvalue weighted by molar-refractivity contribution is 0.625. The van der Waals surface area contributed by atoms with E-state index in [1.165, 1.54) is 10.4 Å². The Morgan fingerprint density at radius 2 is 2.41 bits per heavy atom. The molecular weight excluding hydrogens is 232 g/mol. The van der Waals surface area contributed by atoms with Crippen LogP contribution in [-0.4, -0.2) is 16.5 Å². The summed E-state index contributed by atoms with van der Waals surface area (Å²) in [5.41, 5.74) is 8.00. The second-order valence-electron chi connectivity index (χ2n) is 4.22. The monoisotopic (exact) mass is 246 g/mol. The molecule has 17 heavy (non-hydrogen) atoms. The Balaban J connectivity index is 2.00. The fourth-order valence-electron chi connectivity index (χ4n) is 2.37. The summed E-state index contributed by atoms with van der Waals surface area (Å²) >= 11 is 1.84. The van der Waals surface area contributed by atoms with E-state index >= 15 is 0 Å². The zero-order valence-electron chi connectivity index (χ0n) is 9.63. The van der Waals surface area contributed by atoms with E-state index in [4.69, 9.17) is 5.73 Å². The van der Waals surface area contributed by atoms with Crippen LogP contribution in [0.1, 0.15) is 23.4 Å². The van der Waals surface area contributed by atoms with Gasteiger partial charge in [0.25, 0.3) is 0 Å². The lowest BCUT2D eigenvalue weighted by Crippen LogP contribution is -2.34. The number of nitrogen functional groups attached to an aromatic ring is 1. The van der Waals surface area contributed by atoms with Gasteiger partial charge in [-0.05, 0) is 30.4 Å². The molecule has 2 aromatic heterocycles. The van der Waals surface area contributed by atoms with Crippen molar-refractivity contribution in [1.82, 2.24) is 9.97 Å². The molecule has 2 aromatic rings. The number of hydrogen-bond donors (Lipinski definition) is 1. The molecule has 88 valence electrons. The first-order chi connectivity index (χ1) is 8.27. The van der Waals surface area contributed by atoms with Gasteiger partial charge in [-0.1, -0.05) is 0 Å². The Morgan fingerprint density at radius 3 is 3.24 bits per heavy atom. The second-order valence-corrected chi connectivity index (χ2v) is 5.22. The Hall–Kier alpha value is -1.62. The summed E-state index contributed by atoms with van der Waals surface area (Å²) in [7, 11) is 0. The molecule has 0 fully saturated rings. The summed E-state index contributed by atoms with van der Waals surface area (Å²) in [4.78, 5) is 12.0. The van der Waals surface area contributed by atoms with E-state index < -0.39 is 0 Å². The molecule has 3 rings (SSSR count). The van der Waals surface area contributed by atoms with Gasteiger partial charge in [-0.3, -0.25) is 0 Å². The number of nitrogens with two attached hydrogens (primary N) is 1. The van der Waals surface area contributed by atoms with E-state index in [0.29, 0.717) is 11.7 Å². The fourth-order valence-corrected chi connectivity index (χ4v) is 3.34. The van der Waals surface area contributed by atoms with Crippen LogP contribution in [0.2, 0.25) is 0 Å². The van der Waals surface area contributed by atoms with E-state index in [0.717, 1.165) is 18.8 Å². The van der Waals surface area contributed by atoms with Crippen LogP contribution in [-0.2, 0) is 6.42 Å². The highest BCUT2D eigenvalue weighted by molar-refractivity contribution is 7.10. The first-order valence-electron chi connectivity index (χ1n) is 5.66. The molecule has 0 spiro atoms. The van der Waals surface area contributed by atoms with Crippen molar-refractivity contribution in [1.29, 1.82) is 0 Å². The number of rotatable bonds is 1. The van der Waals surface area contributed by atoms with Crippen LogP contribution in [0.15, 0.2) is 24.0 Å². The Labute approximate surface area is 104 Å². The van der Waals surface area contributed by atoms with Crippen molar-refractivity contribution in [3.8, 4) is 0 Å². The van der Waals surface area contributed by atoms with E-state index in [2.05, 4.69) is 33.2 Å². The van der Waals surface area contributed by atoms with Crippen molar-refractivity contribution >= 4 is 22.8 Å². The molecule has 0 aromatic carbocycles. The molecular formula is C12H14N4S. The van der Waals surface area contributed by atoms with E-state index in [9.17, 15) is 0 Å². The number of thiophene rings is 1. The SMILES string of the molecule is CC1c2ccsc2CCN1c1ncncc1N. The standard InChI is InChI=1S/C12H14N4S/c1-8-9-3-5-17-11(9)2-4-16(8)12-10(13)6-14-7-15-12/h3,5-8H,2,4,13H2,1H3. The van der Waals surface area contributed by atoms with Gasteiger partial charge in [-0.2, -0.15) is 0 Å². The topological polar surface area (TPSA) is 55.0 Å². The average molecular weight is 246 g/mol. The van der Waals surface area contributed by atoms with Gasteiger partial charge >= 0.3 is 0 Å². The van der Waals surface area contributed by atoms with Crippen molar-refractivity contribution in [2.24, 2.45) is 0 Å². The Morgan fingerprint density at radius 1 is 1.53 bits per heavy atom. The molecule has 5 heteroatoms. The maximum Gasteiger partial charge on any atom is 0.155 e. The number of anilines is 2. The van der Waals surface area contributed by atoms with Gasteiger partial charge in [0, 0.05) is 11.4 Å². The minimum absolute atomic E-state index is 0.335. The normalized spacial score (nSPS) is 19.1. The average Bonchev–Trinajstić information content (AvgIpc) is 2.80. The molecule has 4 nitrogen and oxygen atoms in total. The van der Waals surface area contributed by atoms with Crippen molar-refractivity contribution in [2.75, 3.05) is 17.2 Å². The molecule has 0 amide bonds. The second kappa shape index (κ2) is 4.00. The van der Waals surface area contributed by atoms with Gasteiger partial charge in [0.2, 0.25) is 0 Å². The van der Waals surface area contributed by atoms with Crippen molar-refractivity contribution in [3.63, 3.8) is 0 Å². The highest BCUT2D eigenvalue weighted by Crippen LogP contribution is 2.36. The quantitative estimate of drug-likeness (QED) is 0.838. The number of fused-ring (bicyclic) bond motifs is 1. The molecule has 1 atom stereocenters. The molecule has 0 radical (unpaired) electrons. The minimum atomic E-state index is 0.335. The predicted molar refractivity (Wildman–Crippen MR) is 70.2 cm³/mol. The summed E-state index contributed by atoms with van der Waals surface area (Å²) in [6.07, 6.45) is 4.29. The zero-order valence-corrected chi connectivity index (χ0v) is 10.4. The third-order valence-electron chi connectivity index (χ3n) is 3.27. The van der Waals surface area contributed by atoms with Gasteiger partial charge in [-0.15, -0.1) is 11.3 Å². The molecule has 1 aliphatic rings. The molecule has 2 N–H and O–H groups in total. The molecule has 1 aliphatic heterocycles.